The second kappa shape index (κ2) is 17.3. The summed E-state index contributed by atoms with van der Waals surface area (Å²) in [7, 11) is 2.59. The van der Waals surface area contributed by atoms with Crippen LogP contribution in [0.1, 0.15) is 95.5 Å². The van der Waals surface area contributed by atoms with Crippen LogP contribution in [0.3, 0.4) is 0 Å². The summed E-state index contributed by atoms with van der Waals surface area (Å²) in [6.45, 7) is 8.79. The van der Waals surface area contributed by atoms with E-state index in [0.717, 1.165) is 94.1 Å². The molecule has 14 nitrogen and oxygen atoms in total. The minimum atomic E-state index is -0.706. The molecule has 5 aromatic rings. The van der Waals surface area contributed by atoms with Gasteiger partial charge in [-0.05, 0) is 85.1 Å². The molecule has 0 unspecified atom stereocenters. The number of aromatic nitrogens is 4. The molecule has 2 saturated heterocycles. The van der Waals surface area contributed by atoms with Crippen LogP contribution in [-0.4, -0.2) is 93.1 Å². The number of benzene rings is 3. The third-order valence-electron chi connectivity index (χ3n) is 12.2. The molecule has 8 rings (SSSR count). The quantitative estimate of drug-likeness (QED) is 0.104. The number of H-pyrrole nitrogens is 2. The maximum Gasteiger partial charge on any atom is 0.407 e. The Balaban J connectivity index is 1.06. The van der Waals surface area contributed by atoms with Gasteiger partial charge in [-0.2, -0.15) is 0 Å². The fourth-order valence-electron chi connectivity index (χ4n) is 8.67. The average molecular weight is 827 g/mol. The Morgan fingerprint density at radius 3 is 1.98 bits per heavy atom. The lowest BCUT2D eigenvalue weighted by atomic mass is 9.94. The molecular weight excluding hydrogens is 773 g/mol. The molecule has 3 aromatic carbocycles. The van der Waals surface area contributed by atoms with E-state index in [4.69, 9.17) is 19.4 Å². The maximum atomic E-state index is 13.8. The number of nitrogens with one attached hydrogen (secondary N) is 4. The zero-order chi connectivity index (χ0) is 42.9. The number of aromatic amines is 2. The van der Waals surface area contributed by atoms with Crippen LogP contribution in [-0.2, 0) is 19.1 Å². The molecule has 1 aliphatic carbocycles. The first-order chi connectivity index (χ1) is 29.4. The molecule has 1 saturated carbocycles. The van der Waals surface area contributed by atoms with Gasteiger partial charge in [-0.25, -0.2) is 19.6 Å². The monoisotopic (exact) mass is 826 g/mol. The van der Waals surface area contributed by atoms with Crippen molar-refractivity contribution in [3.63, 3.8) is 0 Å². The molecule has 4 amide bonds. The van der Waals surface area contributed by atoms with Gasteiger partial charge in [-0.15, -0.1) is 0 Å². The van der Waals surface area contributed by atoms with E-state index < -0.39 is 24.3 Å². The van der Waals surface area contributed by atoms with Gasteiger partial charge in [-0.1, -0.05) is 69.9 Å². The summed E-state index contributed by atoms with van der Waals surface area (Å²) in [6.07, 6.45) is 5.99. The Bertz CT molecular complexity index is 2540. The topological polar surface area (TPSA) is 175 Å². The van der Waals surface area contributed by atoms with Crippen LogP contribution in [0.2, 0.25) is 0 Å². The van der Waals surface area contributed by atoms with Gasteiger partial charge in [0, 0.05) is 35.5 Å². The molecule has 4 atom stereocenters. The lowest BCUT2D eigenvalue weighted by Gasteiger charge is -2.30. The smallest absolute Gasteiger partial charge is 0.407 e. The van der Waals surface area contributed by atoms with E-state index in [2.05, 4.69) is 74.9 Å². The molecule has 0 bridgehead atoms. The Morgan fingerprint density at radius 2 is 1.38 bits per heavy atom. The van der Waals surface area contributed by atoms with Crippen molar-refractivity contribution in [1.82, 2.24) is 40.4 Å². The van der Waals surface area contributed by atoms with Crippen LogP contribution in [0.25, 0.3) is 44.2 Å². The number of rotatable bonds is 10. The maximum absolute atomic E-state index is 13.8. The van der Waals surface area contributed by atoms with Crippen LogP contribution in [0.15, 0.2) is 54.7 Å². The predicted octanol–water partition coefficient (Wildman–Crippen LogP) is 7.62. The molecule has 3 fully saturated rings. The molecule has 4 heterocycles. The summed E-state index contributed by atoms with van der Waals surface area (Å²) in [5.74, 6) is 8.30. The first-order valence-corrected chi connectivity index (χ1v) is 21.4. The average Bonchev–Trinajstić information content (AvgIpc) is 3.72. The number of methoxy groups -OCH3 is 2. The van der Waals surface area contributed by atoms with Crippen molar-refractivity contribution in [2.24, 2.45) is 17.8 Å². The molecule has 318 valence electrons. The number of carbonyl (C=O) groups excluding carboxylic acids is 4. The fraction of sp³-hybridized carbons (Fsp3) is 0.447. The van der Waals surface area contributed by atoms with Crippen LogP contribution < -0.4 is 10.6 Å². The molecule has 2 aromatic heterocycles. The predicted molar refractivity (Wildman–Crippen MR) is 232 cm³/mol. The lowest BCUT2D eigenvalue weighted by Crippen LogP contribution is -2.51. The number of hydrogen-bond acceptors (Lipinski definition) is 8. The van der Waals surface area contributed by atoms with E-state index >= 15 is 0 Å². The molecule has 3 aliphatic rings. The summed E-state index contributed by atoms with van der Waals surface area (Å²) < 4.78 is 9.60. The van der Waals surface area contributed by atoms with Crippen molar-refractivity contribution < 1.29 is 28.7 Å². The number of hydrogen-bond donors (Lipinski definition) is 4. The number of likely N-dealkylation sites (tertiary alicyclic amines) is 2. The van der Waals surface area contributed by atoms with Crippen molar-refractivity contribution in [3.05, 3.63) is 71.9 Å². The number of nitrogens with zero attached hydrogens (tertiary/aromatic N) is 4. The fourth-order valence-corrected chi connectivity index (χ4v) is 8.67. The molecule has 14 heteroatoms. The van der Waals surface area contributed by atoms with Crippen LogP contribution in [0, 0.1) is 29.6 Å². The second-order valence-electron chi connectivity index (χ2n) is 17.1. The minimum Gasteiger partial charge on any atom is -0.453 e. The highest BCUT2D eigenvalue weighted by molar-refractivity contribution is 6.05. The zero-order valence-corrected chi connectivity index (χ0v) is 35.6. The molecule has 61 heavy (non-hydrogen) atoms. The van der Waals surface area contributed by atoms with Crippen LogP contribution >= 0.6 is 0 Å². The third-order valence-corrected chi connectivity index (χ3v) is 12.2. The van der Waals surface area contributed by atoms with Crippen LogP contribution in [0.5, 0.6) is 0 Å². The van der Waals surface area contributed by atoms with Crippen LogP contribution in [0.4, 0.5) is 9.59 Å². The van der Waals surface area contributed by atoms with E-state index in [1.165, 1.54) is 14.2 Å². The van der Waals surface area contributed by atoms with Crippen molar-refractivity contribution in [2.75, 3.05) is 27.3 Å². The number of amides is 4. The summed E-state index contributed by atoms with van der Waals surface area (Å²) in [4.78, 5) is 72.1. The van der Waals surface area contributed by atoms with Gasteiger partial charge in [0.15, 0.2) is 0 Å². The summed E-state index contributed by atoms with van der Waals surface area (Å²) >= 11 is 0. The first-order valence-electron chi connectivity index (χ1n) is 21.4. The van der Waals surface area contributed by atoms with E-state index in [1.807, 2.05) is 49.8 Å². The SMILES string of the molecule is COC(=O)N[C@H](C(=O)N1CCC[C@H]1c1ncc(-c2ccc(-c3ccc4c(ccc5nc([C@@H]6CCCN6C(=O)[C@@H](NC(=O)OC)C(C)C)[nH]c54)c3)c(C#CC3CC3)c2)[nH]1)C(C)C. The summed E-state index contributed by atoms with van der Waals surface area (Å²) in [5.41, 5.74) is 6.49. The first kappa shape index (κ1) is 41.4. The molecule has 2 aliphatic heterocycles. The van der Waals surface area contributed by atoms with Gasteiger partial charge in [0.1, 0.15) is 23.7 Å². The number of ether oxygens (including phenoxy) is 2. The van der Waals surface area contributed by atoms with Gasteiger partial charge < -0.3 is 39.9 Å². The number of alkyl carbamates (subject to hydrolysis) is 2. The van der Waals surface area contributed by atoms with Gasteiger partial charge in [-0.3, -0.25) is 9.59 Å². The highest BCUT2D eigenvalue weighted by Gasteiger charge is 2.39. The number of fused-ring (bicyclic) bond motifs is 3. The van der Waals surface area contributed by atoms with Crippen molar-refractivity contribution in [2.45, 2.75) is 90.4 Å². The minimum absolute atomic E-state index is 0.120. The van der Waals surface area contributed by atoms with Gasteiger partial charge in [0.25, 0.3) is 0 Å². The van der Waals surface area contributed by atoms with E-state index in [1.54, 1.807) is 0 Å². The van der Waals surface area contributed by atoms with Crippen molar-refractivity contribution in [3.8, 4) is 34.2 Å². The van der Waals surface area contributed by atoms with E-state index in [-0.39, 0.29) is 35.7 Å². The van der Waals surface area contributed by atoms with Gasteiger partial charge >= 0.3 is 12.2 Å². The van der Waals surface area contributed by atoms with E-state index in [9.17, 15) is 19.2 Å². The largest absolute Gasteiger partial charge is 0.453 e. The molecule has 0 spiro atoms. The van der Waals surface area contributed by atoms with E-state index in [0.29, 0.717) is 24.8 Å². The van der Waals surface area contributed by atoms with Crippen molar-refractivity contribution >= 4 is 45.8 Å². The lowest BCUT2D eigenvalue weighted by molar-refractivity contribution is -0.136. The highest BCUT2D eigenvalue weighted by atomic mass is 16.5. The Morgan fingerprint density at radius 1 is 0.754 bits per heavy atom. The zero-order valence-electron chi connectivity index (χ0n) is 35.6. The normalized spacial score (nSPS) is 18.6. The summed E-state index contributed by atoms with van der Waals surface area (Å²) in [6, 6.07) is 14.9. The highest BCUT2D eigenvalue weighted by Crippen LogP contribution is 2.38. The second-order valence-corrected chi connectivity index (χ2v) is 17.1. The molecular formula is C47H54N8O6. The van der Waals surface area contributed by atoms with Gasteiger partial charge in [0.2, 0.25) is 11.8 Å². The van der Waals surface area contributed by atoms with Gasteiger partial charge in [0.05, 0.1) is 49.2 Å². The van der Waals surface area contributed by atoms with Crippen molar-refractivity contribution in [1.29, 1.82) is 0 Å². The molecule has 4 N–H and O–H groups in total. The summed E-state index contributed by atoms with van der Waals surface area (Å²) in [5, 5.41) is 7.51. The number of imidazole rings is 2. The Labute approximate surface area is 355 Å². The Kier molecular flexibility index (Phi) is 11.7. The number of carbonyl (C=O) groups is 4. The third kappa shape index (κ3) is 8.51. The standard InChI is InChI=1S/C47H54N8O6/c1-26(2)39(52-46(58)60-5)44(56)54-21-7-9-37(54)42-48-25-36(50-42)32-16-18-33(29(24-32)14-13-28-11-12-28)30-15-19-34-31(23-30)17-20-35-41(34)51-43(49-35)38-10-8-22-55(38)45(57)40(27(3)4)53-47(59)61-6/h15-20,23-28,37-40H,7-12,21-22H2,1-6H3,(H,48,50)(H,49,51)(H,52,58)(H,53,59)/t37-,38-,39-,40-/m0/s1. The Hall–Kier alpha value is -6.36. The molecule has 0 radical (unpaired) electrons.